The van der Waals surface area contributed by atoms with Crippen molar-refractivity contribution >= 4 is 0 Å². The third-order valence-corrected chi connectivity index (χ3v) is 5.50. The van der Waals surface area contributed by atoms with E-state index in [0.29, 0.717) is 6.10 Å². The van der Waals surface area contributed by atoms with E-state index in [1.54, 1.807) is 14.2 Å². The van der Waals surface area contributed by atoms with Gasteiger partial charge in [-0.15, -0.1) is 0 Å². The lowest BCUT2D eigenvalue weighted by Crippen LogP contribution is -2.31. The predicted molar refractivity (Wildman–Crippen MR) is 108 cm³/mol. The van der Waals surface area contributed by atoms with Gasteiger partial charge < -0.3 is 18.9 Å². The summed E-state index contributed by atoms with van der Waals surface area (Å²) in [5, 5.41) is 0. The molecule has 0 aliphatic carbocycles. The highest BCUT2D eigenvalue weighted by Gasteiger charge is 2.21. The molecule has 0 amide bonds. The number of hydrogen-bond donors (Lipinski definition) is 0. The van der Waals surface area contributed by atoms with E-state index >= 15 is 0 Å². The summed E-state index contributed by atoms with van der Waals surface area (Å²) in [7, 11) is 3.34. The summed E-state index contributed by atoms with van der Waals surface area (Å²) in [6, 6.07) is 12.7. The van der Waals surface area contributed by atoms with Crippen LogP contribution in [0, 0.1) is 0 Å². The topological polar surface area (TPSA) is 40.2 Å². The molecule has 0 aromatic heterocycles. The van der Waals surface area contributed by atoms with E-state index in [1.165, 1.54) is 16.7 Å². The number of nitrogens with zero attached hydrogens (tertiary/aromatic N) is 1. The first-order valence-corrected chi connectivity index (χ1v) is 10.0. The van der Waals surface area contributed by atoms with Gasteiger partial charge in [0.25, 0.3) is 0 Å². The van der Waals surface area contributed by atoms with Crippen molar-refractivity contribution in [3.8, 4) is 17.2 Å². The van der Waals surface area contributed by atoms with E-state index in [4.69, 9.17) is 18.9 Å². The van der Waals surface area contributed by atoms with Gasteiger partial charge in [0.1, 0.15) is 5.75 Å². The molecule has 5 nitrogen and oxygen atoms in total. The Labute approximate surface area is 167 Å². The fraction of sp³-hybridized carbons (Fsp3) is 0.478. The summed E-state index contributed by atoms with van der Waals surface area (Å²) in [5.41, 5.74) is 3.85. The summed E-state index contributed by atoms with van der Waals surface area (Å²) in [5.74, 6) is 2.57. The molecule has 5 heteroatoms. The van der Waals surface area contributed by atoms with Gasteiger partial charge in [-0.05, 0) is 47.7 Å². The van der Waals surface area contributed by atoms with Crippen LogP contribution >= 0.6 is 0 Å². The molecule has 2 aliphatic heterocycles. The van der Waals surface area contributed by atoms with Crippen LogP contribution in [0.3, 0.4) is 0 Å². The number of rotatable bonds is 8. The second-order valence-corrected chi connectivity index (χ2v) is 7.53. The molecule has 4 rings (SSSR count). The first kappa shape index (κ1) is 19.1. The van der Waals surface area contributed by atoms with Crippen LogP contribution in [-0.4, -0.2) is 45.0 Å². The molecular formula is C23H29NO4. The van der Waals surface area contributed by atoms with Crippen molar-refractivity contribution in [2.24, 2.45) is 0 Å². The van der Waals surface area contributed by atoms with Gasteiger partial charge in [0.15, 0.2) is 11.5 Å². The normalized spacial score (nSPS) is 18.2. The zero-order valence-corrected chi connectivity index (χ0v) is 16.8. The summed E-state index contributed by atoms with van der Waals surface area (Å²) in [6.45, 7) is 4.34. The molecule has 1 fully saturated rings. The molecule has 0 radical (unpaired) electrons. The minimum atomic E-state index is 0.318. The Morgan fingerprint density at radius 2 is 1.75 bits per heavy atom. The zero-order valence-electron chi connectivity index (χ0n) is 16.8. The second kappa shape index (κ2) is 8.84. The van der Waals surface area contributed by atoms with Crippen LogP contribution in [0.5, 0.6) is 17.2 Å². The number of hydrogen-bond acceptors (Lipinski definition) is 5. The van der Waals surface area contributed by atoms with Gasteiger partial charge in [-0.1, -0.05) is 18.2 Å². The standard InChI is InChI=1S/C23H29NO4/c1-25-22-8-6-18(13-23(22)26-2)15-24(16-20-4-3-10-27-20)14-17-5-7-21-19(12-17)9-11-28-21/h5-8,12-13,20H,3-4,9-11,14-16H2,1-2H3/t20-/m0/s1. The molecule has 150 valence electrons. The van der Waals surface area contributed by atoms with Gasteiger partial charge in [-0.2, -0.15) is 0 Å². The van der Waals surface area contributed by atoms with Crippen molar-refractivity contribution in [2.45, 2.75) is 38.5 Å². The molecule has 2 aromatic carbocycles. The maximum Gasteiger partial charge on any atom is 0.161 e. The maximum atomic E-state index is 5.91. The van der Waals surface area contributed by atoms with Gasteiger partial charge >= 0.3 is 0 Å². The third kappa shape index (κ3) is 4.42. The number of fused-ring (bicyclic) bond motifs is 1. The summed E-state index contributed by atoms with van der Waals surface area (Å²) < 4.78 is 22.4. The Bertz CT molecular complexity index is 801. The third-order valence-electron chi connectivity index (χ3n) is 5.50. The molecule has 0 saturated carbocycles. The molecule has 2 aromatic rings. The van der Waals surface area contributed by atoms with E-state index in [2.05, 4.69) is 35.2 Å². The lowest BCUT2D eigenvalue weighted by Gasteiger charge is -2.26. The quantitative estimate of drug-likeness (QED) is 0.693. The van der Waals surface area contributed by atoms with Gasteiger partial charge in [-0.3, -0.25) is 4.90 Å². The van der Waals surface area contributed by atoms with Crippen LogP contribution in [0.25, 0.3) is 0 Å². The van der Waals surface area contributed by atoms with E-state index in [1.807, 2.05) is 6.07 Å². The van der Waals surface area contributed by atoms with Crippen molar-refractivity contribution in [1.82, 2.24) is 4.90 Å². The monoisotopic (exact) mass is 383 g/mol. The zero-order chi connectivity index (χ0) is 19.3. The van der Waals surface area contributed by atoms with Crippen LogP contribution in [0.2, 0.25) is 0 Å². The first-order valence-electron chi connectivity index (χ1n) is 10.0. The van der Waals surface area contributed by atoms with Crippen LogP contribution < -0.4 is 14.2 Å². The average molecular weight is 383 g/mol. The molecular weight excluding hydrogens is 354 g/mol. The van der Waals surface area contributed by atoms with E-state index in [0.717, 1.165) is 69.4 Å². The van der Waals surface area contributed by atoms with Crippen molar-refractivity contribution in [3.63, 3.8) is 0 Å². The lowest BCUT2D eigenvalue weighted by molar-refractivity contribution is 0.0679. The number of ether oxygens (including phenoxy) is 4. The van der Waals surface area contributed by atoms with E-state index in [-0.39, 0.29) is 0 Å². The molecule has 2 aliphatic rings. The van der Waals surface area contributed by atoms with Gasteiger partial charge in [0.05, 0.1) is 26.9 Å². The van der Waals surface area contributed by atoms with Crippen LogP contribution in [-0.2, 0) is 24.2 Å². The molecule has 1 atom stereocenters. The molecule has 1 saturated heterocycles. The van der Waals surface area contributed by atoms with Crippen LogP contribution in [0.4, 0.5) is 0 Å². The van der Waals surface area contributed by atoms with Gasteiger partial charge in [0.2, 0.25) is 0 Å². The SMILES string of the molecule is COc1ccc(CN(Cc2ccc3c(c2)CCO3)C[C@@H]2CCCO2)cc1OC. The summed E-state index contributed by atoms with van der Waals surface area (Å²) in [4.78, 5) is 2.47. The fourth-order valence-electron chi connectivity index (χ4n) is 4.09. The van der Waals surface area contributed by atoms with E-state index in [9.17, 15) is 0 Å². The van der Waals surface area contributed by atoms with E-state index < -0.39 is 0 Å². The number of methoxy groups -OCH3 is 2. The smallest absolute Gasteiger partial charge is 0.161 e. The van der Waals surface area contributed by atoms with Crippen molar-refractivity contribution in [2.75, 3.05) is 34.0 Å². The highest BCUT2D eigenvalue weighted by Crippen LogP contribution is 2.30. The van der Waals surface area contributed by atoms with Gasteiger partial charge in [0, 0.05) is 32.7 Å². The molecule has 28 heavy (non-hydrogen) atoms. The predicted octanol–water partition coefficient (Wildman–Crippen LogP) is 3.82. The molecule has 2 heterocycles. The molecule has 0 spiro atoms. The lowest BCUT2D eigenvalue weighted by atomic mass is 10.1. The first-order chi connectivity index (χ1) is 13.7. The minimum Gasteiger partial charge on any atom is -0.493 e. The van der Waals surface area contributed by atoms with Crippen LogP contribution in [0.15, 0.2) is 36.4 Å². The van der Waals surface area contributed by atoms with Crippen molar-refractivity contribution in [1.29, 1.82) is 0 Å². The highest BCUT2D eigenvalue weighted by molar-refractivity contribution is 5.43. The molecule has 0 bridgehead atoms. The highest BCUT2D eigenvalue weighted by atomic mass is 16.5. The van der Waals surface area contributed by atoms with Crippen molar-refractivity contribution in [3.05, 3.63) is 53.1 Å². The summed E-state index contributed by atoms with van der Waals surface area (Å²) in [6.07, 6.45) is 3.62. The Balaban J connectivity index is 1.51. The Morgan fingerprint density at radius 1 is 0.964 bits per heavy atom. The minimum absolute atomic E-state index is 0.318. The van der Waals surface area contributed by atoms with Crippen molar-refractivity contribution < 1.29 is 18.9 Å². The largest absolute Gasteiger partial charge is 0.493 e. The maximum absolute atomic E-state index is 5.91. The number of benzene rings is 2. The summed E-state index contributed by atoms with van der Waals surface area (Å²) >= 11 is 0. The Hall–Kier alpha value is -2.24. The van der Waals surface area contributed by atoms with Crippen LogP contribution in [0.1, 0.15) is 29.5 Å². The van der Waals surface area contributed by atoms with Gasteiger partial charge in [-0.25, -0.2) is 0 Å². The molecule has 0 N–H and O–H groups in total. The second-order valence-electron chi connectivity index (χ2n) is 7.53. The average Bonchev–Trinajstić information content (AvgIpc) is 3.39. The molecule has 0 unspecified atom stereocenters. The Kier molecular flexibility index (Phi) is 6.03. The fourth-order valence-corrected chi connectivity index (χ4v) is 4.09. The Morgan fingerprint density at radius 3 is 2.50 bits per heavy atom.